The number of benzene rings is 1. The van der Waals surface area contributed by atoms with Gasteiger partial charge in [-0.2, -0.15) is 0 Å². The van der Waals surface area contributed by atoms with Gasteiger partial charge in [0.05, 0.1) is 5.56 Å². The topological polar surface area (TPSA) is 17.1 Å². The molecule has 0 fully saturated rings. The minimum atomic E-state index is -0.00931. The average Bonchev–Trinajstić information content (AvgIpc) is 2.63. The summed E-state index contributed by atoms with van der Waals surface area (Å²) in [4.78, 5) is 12.0. The van der Waals surface area contributed by atoms with Crippen LogP contribution in [-0.4, -0.2) is 5.78 Å². The van der Waals surface area contributed by atoms with Crippen molar-refractivity contribution in [3.8, 4) is 0 Å². The first-order chi connectivity index (χ1) is 7.18. The fourth-order valence-electron chi connectivity index (χ4n) is 1.40. The van der Waals surface area contributed by atoms with Gasteiger partial charge in [-0.3, -0.25) is 4.79 Å². The molecule has 2 rings (SSSR count). The molecule has 0 amide bonds. The summed E-state index contributed by atoms with van der Waals surface area (Å²) >= 11 is 7.30. The highest BCUT2D eigenvalue weighted by molar-refractivity contribution is 7.14. The molecule has 76 valence electrons. The molecule has 0 aliphatic carbocycles. The minimum absolute atomic E-state index is 0.00931. The summed E-state index contributed by atoms with van der Waals surface area (Å²) in [6.07, 6.45) is 0. The standard InChI is InChI=1S/C12H9ClOS/c1-8-3-2-4-9(7-8)11(14)10-5-6-15-12(10)13/h2-7H,1H3. The van der Waals surface area contributed by atoms with Crippen LogP contribution in [0.4, 0.5) is 0 Å². The molecule has 1 aromatic heterocycles. The van der Waals surface area contributed by atoms with Gasteiger partial charge in [-0.05, 0) is 24.4 Å². The van der Waals surface area contributed by atoms with Gasteiger partial charge in [-0.1, -0.05) is 35.4 Å². The second-order valence-corrected chi connectivity index (χ2v) is 4.82. The van der Waals surface area contributed by atoms with Crippen LogP contribution in [0.15, 0.2) is 35.7 Å². The predicted molar refractivity (Wildman–Crippen MR) is 63.9 cm³/mol. The maximum Gasteiger partial charge on any atom is 0.195 e. The van der Waals surface area contributed by atoms with E-state index in [9.17, 15) is 4.79 Å². The Morgan fingerprint density at radius 3 is 2.73 bits per heavy atom. The zero-order chi connectivity index (χ0) is 10.8. The SMILES string of the molecule is Cc1cccc(C(=O)c2ccsc2Cl)c1. The van der Waals surface area contributed by atoms with Gasteiger partial charge in [0.2, 0.25) is 0 Å². The Bertz CT molecular complexity index is 502. The summed E-state index contributed by atoms with van der Waals surface area (Å²) in [6, 6.07) is 9.28. The van der Waals surface area contributed by atoms with Crippen LogP contribution in [-0.2, 0) is 0 Å². The van der Waals surface area contributed by atoms with E-state index in [0.29, 0.717) is 15.5 Å². The number of carbonyl (C=O) groups excluding carboxylic acids is 1. The fourth-order valence-corrected chi connectivity index (χ4v) is 2.31. The van der Waals surface area contributed by atoms with Crippen molar-refractivity contribution in [3.63, 3.8) is 0 Å². The summed E-state index contributed by atoms with van der Waals surface area (Å²) in [7, 11) is 0. The molecule has 0 saturated carbocycles. The molecule has 0 atom stereocenters. The maximum atomic E-state index is 12.0. The molecule has 1 heterocycles. The largest absolute Gasteiger partial charge is 0.289 e. The molecule has 15 heavy (non-hydrogen) atoms. The number of hydrogen-bond acceptors (Lipinski definition) is 2. The number of rotatable bonds is 2. The van der Waals surface area contributed by atoms with Crippen LogP contribution in [0.2, 0.25) is 4.34 Å². The summed E-state index contributed by atoms with van der Waals surface area (Å²) in [5, 5.41) is 1.82. The van der Waals surface area contributed by atoms with Crippen molar-refractivity contribution in [3.05, 3.63) is 56.7 Å². The second kappa shape index (κ2) is 4.17. The van der Waals surface area contributed by atoms with Crippen LogP contribution < -0.4 is 0 Å². The number of carbonyl (C=O) groups is 1. The van der Waals surface area contributed by atoms with Crippen LogP contribution in [0.5, 0.6) is 0 Å². The molecule has 3 heteroatoms. The third-order valence-electron chi connectivity index (χ3n) is 2.14. The average molecular weight is 237 g/mol. The van der Waals surface area contributed by atoms with Crippen molar-refractivity contribution in [1.29, 1.82) is 0 Å². The normalized spacial score (nSPS) is 10.3. The molecular weight excluding hydrogens is 228 g/mol. The summed E-state index contributed by atoms with van der Waals surface area (Å²) in [5.41, 5.74) is 2.36. The van der Waals surface area contributed by atoms with Gasteiger partial charge < -0.3 is 0 Å². The lowest BCUT2D eigenvalue weighted by atomic mass is 10.0. The molecule has 0 saturated heterocycles. The van der Waals surface area contributed by atoms with Crippen molar-refractivity contribution < 1.29 is 4.79 Å². The lowest BCUT2D eigenvalue weighted by Crippen LogP contribution is -2.00. The zero-order valence-corrected chi connectivity index (χ0v) is 9.73. The number of halogens is 1. The molecule has 1 nitrogen and oxygen atoms in total. The Kier molecular flexibility index (Phi) is 2.89. The third kappa shape index (κ3) is 2.11. The van der Waals surface area contributed by atoms with Crippen LogP contribution in [0.3, 0.4) is 0 Å². The van der Waals surface area contributed by atoms with Gasteiger partial charge in [-0.25, -0.2) is 0 Å². The smallest absolute Gasteiger partial charge is 0.195 e. The van der Waals surface area contributed by atoms with E-state index in [1.807, 2.05) is 36.6 Å². The van der Waals surface area contributed by atoms with Crippen LogP contribution in [0.25, 0.3) is 0 Å². The van der Waals surface area contributed by atoms with Gasteiger partial charge in [0.1, 0.15) is 4.34 Å². The lowest BCUT2D eigenvalue weighted by molar-refractivity contribution is 0.103. The minimum Gasteiger partial charge on any atom is -0.289 e. The number of ketones is 1. The molecule has 0 N–H and O–H groups in total. The zero-order valence-electron chi connectivity index (χ0n) is 8.16. The van der Waals surface area contributed by atoms with E-state index in [1.54, 1.807) is 6.07 Å². The predicted octanol–water partition coefficient (Wildman–Crippen LogP) is 3.94. The highest BCUT2D eigenvalue weighted by Gasteiger charge is 2.13. The fraction of sp³-hybridized carbons (Fsp3) is 0.0833. The van der Waals surface area contributed by atoms with Gasteiger partial charge in [0, 0.05) is 5.56 Å². The van der Waals surface area contributed by atoms with E-state index in [0.717, 1.165) is 5.56 Å². The van der Waals surface area contributed by atoms with Crippen molar-refractivity contribution in [2.24, 2.45) is 0 Å². The van der Waals surface area contributed by atoms with Gasteiger partial charge >= 0.3 is 0 Å². The van der Waals surface area contributed by atoms with Crippen molar-refractivity contribution in [2.45, 2.75) is 6.92 Å². The van der Waals surface area contributed by atoms with Gasteiger partial charge in [-0.15, -0.1) is 11.3 Å². The molecule has 0 aliphatic heterocycles. The first-order valence-corrected chi connectivity index (χ1v) is 5.78. The second-order valence-electron chi connectivity index (χ2n) is 3.31. The van der Waals surface area contributed by atoms with E-state index >= 15 is 0 Å². The van der Waals surface area contributed by atoms with Crippen molar-refractivity contribution >= 4 is 28.7 Å². The van der Waals surface area contributed by atoms with Crippen LogP contribution in [0, 0.1) is 6.92 Å². The molecule has 0 bridgehead atoms. The molecule has 0 unspecified atom stereocenters. The molecule has 2 aromatic rings. The molecular formula is C12H9ClOS. The van der Waals surface area contributed by atoms with E-state index in [-0.39, 0.29) is 5.78 Å². The number of thiophene rings is 1. The van der Waals surface area contributed by atoms with E-state index < -0.39 is 0 Å². The summed E-state index contributed by atoms with van der Waals surface area (Å²) in [5.74, 6) is -0.00931. The third-order valence-corrected chi connectivity index (χ3v) is 3.31. The molecule has 0 radical (unpaired) electrons. The first kappa shape index (κ1) is 10.4. The molecule has 0 aliphatic rings. The Hall–Kier alpha value is -1.12. The summed E-state index contributed by atoms with van der Waals surface area (Å²) < 4.78 is 0.557. The highest BCUT2D eigenvalue weighted by atomic mass is 35.5. The Morgan fingerprint density at radius 1 is 1.33 bits per heavy atom. The van der Waals surface area contributed by atoms with E-state index in [2.05, 4.69) is 0 Å². The van der Waals surface area contributed by atoms with Crippen LogP contribution in [0.1, 0.15) is 21.5 Å². The summed E-state index contributed by atoms with van der Waals surface area (Å²) in [6.45, 7) is 1.96. The van der Waals surface area contributed by atoms with Crippen LogP contribution >= 0.6 is 22.9 Å². The van der Waals surface area contributed by atoms with Gasteiger partial charge in [0.15, 0.2) is 5.78 Å². The molecule has 1 aromatic carbocycles. The number of aryl methyl sites for hydroxylation is 1. The quantitative estimate of drug-likeness (QED) is 0.722. The van der Waals surface area contributed by atoms with Gasteiger partial charge in [0.25, 0.3) is 0 Å². The Labute approximate surface area is 97.3 Å². The monoisotopic (exact) mass is 236 g/mol. The first-order valence-electron chi connectivity index (χ1n) is 4.53. The van der Waals surface area contributed by atoms with Crippen molar-refractivity contribution in [2.75, 3.05) is 0 Å². The maximum absolute atomic E-state index is 12.0. The van der Waals surface area contributed by atoms with Crippen molar-refractivity contribution in [1.82, 2.24) is 0 Å². The van der Waals surface area contributed by atoms with E-state index in [4.69, 9.17) is 11.6 Å². The lowest BCUT2D eigenvalue weighted by Gasteiger charge is -2.00. The Balaban J connectivity index is 2.41. The van der Waals surface area contributed by atoms with E-state index in [1.165, 1.54) is 11.3 Å². The Morgan fingerprint density at radius 2 is 2.13 bits per heavy atom. The highest BCUT2D eigenvalue weighted by Crippen LogP contribution is 2.25. The number of hydrogen-bond donors (Lipinski definition) is 0. The molecule has 0 spiro atoms.